The maximum absolute atomic E-state index is 12.2. The first-order valence-electron chi connectivity index (χ1n) is 5.94. The van der Waals surface area contributed by atoms with E-state index in [2.05, 4.69) is 20.7 Å². The molecule has 1 unspecified atom stereocenters. The number of nitrogens with one attached hydrogen (secondary N) is 1. The van der Waals surface area contributed by atoms with Gasteiger partial charge in [-0.1, -0.05) is 6.42 Å². The highest BCUT2D eigenvalue weighted by molar-refractivity contribution is 9.10. The van der Waals surface area contributed by atoms with Crippen molar-refractivity contribution in [3.8, 4) is 0 Å². The lowest BCUT2D eigenvalue weighted by molar-refractivity contribution is 0.260. The van der Waals surface area contributed by atoms with Crippen LogP contribution in [-0.2, 0) is 16.6 Å². The lowest BCUT2D eigenvalue weighted by Crippen LogP contribution is -2.40. The minimum absolute atomic E-state index is 0.0492. The minimum atomic E-state index is -3.55. The van der Waals surface area contributed by atoms with Gasteiger partial charge in [-0.05, 0) is 41.6 Å². The lowest BCUT2D eigenvalue weighted by Gasteiger charge is -2.31. The van der Waals surface area contributed by atoms with Crippen molar-refractivity contribution in [3.63, 3.8) is 0 Å². The molecule has 1 aromatic heterocycles. The van der Waals surface area contributed by atoms with Crippen LogP contribution in [0.2, 0.25) is 0 Å². The number of sulfonamides is 1. The van der Waals surface area contributed by atoms with Crippen molar-refractivity contribution in [1.82, 2.24) is 4.72 Å². The van der Waals surface area contributed by atoms with Gasteiger partial charge in [-0.2, -0.15) is 0 Å². The Kier molecular flexibility index (Phi) is 4.15. The Morgan fingerprint density at radius 2 is 2.28 bits per heavy atom. The van der Waals surface area contributed by atoms with Crippen molar-refractivity contribution < 1.29 is 12.8 Å². The van der Waals surface area contributed by atoms with E-state index in [1.165, 1.54) is 12.5 Å². The number of rotatable bonds is 5. The molecule has 1 aliphatic rings. The van der Waals surface area contributed by atoms with Gasteiger partial charge in [-0.15, -0.1) is 0 Å². The van der Waals surface area contributed by atoms with Gasteiger partial charge in [0.25, 0.3) is 0 Å². The highest BCUT2D eigenvalue weighted by Crippen LogP contribution is 2.31. The molecule has 0 radical (unpaired) electrons. The third-order valence-electron chi connectivity index (χ3n) is 3.40. The van der Waals surface area contributed by atoms with Gasteiger partial charge in [-0.3, -0.25) is 0 Å². The second kappa shape index (κ2) is 5.32. The molecule has 1 heterocycles. The van der Waals surface area contributed by atoms with Crippen molar-refractivity contribution in [3.05, 3.63) is 16.5 Å². The molecule has 1 aliphatic carbocycles. The van der Waals surface area contributed by atoms with Crippen LogP contribution in [0.5, 0.6) is 0 Å². The van der Waals surface area contributed by atoms with Crippen LogP contribution in [0.25, 0.3) is 0 Å². The van der Waals surface area contributed by atoms with Gasteiger partial charge in [-0.25, -0.2) is 13.1 Å². The van der Waals surface area contributed by atoms with Crippen molar-refractivity contribution >= 4 is 26.0 Å². The predicted octanol–water partition coefficient (Wildman–Crippen LogP) is 1.97. The van der Waals surface area contributed by atoms with Crippen LogP contribution in [0, 0.1) is 5.92 Å². The van der Waals surface area contributed by atoms with Crippen LogP contribution in [0.1, 0.15) is 31.9 Å². The minimum Gasteiger partial charge on any atom is -0.452 e. The lowest BCUT2D eigenvalue weighted by atomic mass is 9.81. The quantitative estimate of drug-likeness (QED) is 0.860. The number of furan rings is 1. The molecule has 1 aromatic rings. The summed E-state index contributed by atoms with van der Waals surface area (Å²) in [5.41, 5.74) is 5.43. The number of hydrogen-bond donors (Lipinski definition) is 2. The number of nitrogens with two attached hydrogens (primary N) is 1. The average molecular weight is 337 g/mol. The van der Waals surface area contributed by atoms with E-state index in [1.807, 2.05) is 6.92 Å². The first-order valence-corrected chi connectivity index (χ1v) is 8.22. The van der Waals surface area contributed by atoms with Gasteiger partial charge in [0.1, 0.15) is 10.7 Å². The van der Waals surface area contributed by atoms with Crippen LogP contribution in [0.15, 0.2) is 20.0 Å². The highest BCUT2D eigenvalue weighted by atomic mass is 79.9. The zero-order valence-electron chi connectivity index (χ0n) is 10.1. The monoisotopic (exact) mass is 336 g/mol. The highest BCUT2D eigenvalue weighted by Gasteiger charge is 2.30. The fourth-order valence-electron chi connectivity index (χ4n) is 2.03. The molecule has 3 N–H and O–H groups in total. The second-order valence-electron chi connectivity index (χ2n) is 4.66. The van der Waals surface area contributed by atoms with Crippen molar-refractivity contribution in [2.45, 2.75) is 43.7 Å². The van der Waals surface area contributed by atoms with Crippen LogP contribution in [0.3, 0.4) is 0 Å². The predicted molar refractivity (Wildman–Crippen MR) is 71.4 cm³/mol. The largest absolute Gasteiger partial charge is 0.452 e. The van der Waals surface area contributed by atoms with E-state index in [-0.39, 0.29) is 22.2 Å². The maximum atomic E-state index is 12.2. The standard InChI is InChI=1S/C11H17BrN2O3S/c1-7(8-3-2-4-8)14-18(15,16)10-5-9(6-13)17-11(10)12/h5,7-8,14H,2-4,6,13H2,1H3. The molecule has 102 valence electrons. The average Bonchev–Trinajstić information content (AvgIpc) is 2.56. The Hall–Kier alpha value is -0.370. The van der Waals surface area contributed by atoms with Crippen LogP contribution in [0.4, 0.5) is 0 Å². The molecule has 0 spiro atoms. The first kappa shape index (κ1) is 14.0. The van der Waals surface area contributed by atoms with Gasteiger partial charge in [0.05, 0.1) is 6.54 Å². The first-order chi connectivity index (χ1) is 8.44. The van der Waals surface area contributed by atoms with Crippen LogP contribution >= 0.6 is 15.9 Å². The van der Waals surface area contributed by atoms with Crippen molar-refractivity contribution in [2.24, 2.45) is 11.7 Å². The number of hydrogen-bond acceptors (Lipinski definition) is 4. The summed E-state index contributed by atoms with van der Waals surface area (Å²) in [4.78, 5) is 0.120. The molecular weight excluding hydrogens is 320 g/mol. The molecule has 18 heavy (non-hydrogen) atoms. The van der Waals surface area contributed by atoms with Gasteiger partial charge in [0, 0.05) is 12.1 Å². The zero-order chi connectivity index (χ0) is 13.3. The summed E-state index contributed by atoms with van der Waals surface area (Å²) in [6.07, 6.45) is 3.36. The normalized spacial score (nSPS) is 18.6. The molecule has 0 aliphatic heterocycles. The summed E-state index contributed by atoms with van der Waals surface area (Å²) in [5, 5.41) is 0. The molecule has 0 aromatic carbocycles. The molecule has 0 saturated heterocycles. The fourth-order valence-corrected chi connectivity index (χ4v) is 4.34. The summed E-state index contributed by atoms with van der Waals surface area (Å²) in [6.45, 7) is 2.07. The van der Waals surface area contributed by atoms with E-state index in [0.717, 1.165) is 12.8 Å². The zero-order valence-corrected chi connectivity index (χ0v) is 12.6. The van der Waals surface area contributed by atoms with Gasteiger partial charge >= 0.3 is 0 Å². The summed E-state index contributed by atoms with van der Waals surface area (Å²) in [7, 11) is -3.55. The molecule has 1 saturated carbocycles. The second-order valence-corrected chi connectivity index (χ2v) is 7.06. The SMILES string of the molecule is CC(NS(=O)(=O)c1cc(CN)oc1Br)C1CCC1. The molecule has 2 rings (SSSR count). The summed E-state index contributed by atoms with van der Waals surface area (Å²) in [5.74, 6) is 0.887. The Labute approximate surface area is 115 Å². The Balaban J connectivity index is 2.16. The molecular formula is C11H17BrN2O3S. The Morgan fingerprint density at radius 1 is 1.61 bits per heavy atom. The third kappa shape index (κ3) is 2.79. The van der Waals surface area contributed by atoms with Gasteiger partial charge in [0.15, 0.2) is 4.67 Å². The Bertz CT molecular complexity index is 522. The molecule has 1 atom stereocenters. The molecule has 1 fully saturated rings. The summed E-state index contributed by atoms with van der Waals surface area (Å²) < 4.78 is 32.5. The third-order valence-corrected chi connectivity index (χ3v) is 5.81. The molecule has 0 amide bonds. The van der Waals surface area contributed by atoms with Crippen molar-refractivity contribution in [1.29, 1.82) is 0 Å². The molecule has 7 heteroatoms. The Morgan fingerprint density at radius 3 is 2.72 bits per heavy atom. The van der Waals surface area contributed by atoms with E-state index < -0.39 is 10.0 Å². The van der Waals surface area contributed by atoms with Crippen LogP contribution < -0.4 is 10.5 Å². The van der Waals surface area contributed by atoms with E-state index in [9.17, 15) is 8.42 Å². The summed E-state index contributed by atoms with van der Waals surface area (Å²) >= 11 is 3.11. The maximum Gasteiger partial charge on any atom is 0.245 e. The number of halogens is 1. The summed E-state index contributed by atoms with van der Waals surface area (Å²) in [6, 6.07) is 1.41. The topological polar surface area (TPSA) is 85.3 Å². The van der Waals surface area contributed by atoms with Crippen LogP contribution in [-0.4, -0.2) is 14.5 Å². The van der Waals surface area contributed by atoms with E-state index >= 15 is 0 Å². The van der Waals surface area contributed by atoms with E-state index in [1.54, 1.807) is 0 Å². The van der Waals surface area contributed by atoms with Crippen molar-refractivity contribution in [2.75, 3.05) is 0 Å². The molecule has 5 nitrogen and oxygen atoms in total. The smallest absolute Gasteiger partial charge is 0.245 e. The fraction of sp³-hybridized carbons (Fsp3) is 0.636. The van der Waals surface area contributed by atoms with Gasteiger partial charge < -0.3 is 10.2 Å². The van der Waals surface area contributed by atoms with E-state index in [4.69, 9.17) is 10.2 Å². The van der Waals surface area contributed by atoms with E-state index in [0.29, 0.717) is 11.7 Å². The van der Waals surface area contributed by atoms with Gasteiger partial charge in [0.2, 0.25) is 10.0 Å². The molecule has 0 bridgehead atoms.